The van der Waals surface area contributed by atoms with E-state index in [1.165, 1.54) is 0 Å². The monoisotopic (exact) mass is 424 g/mol. The number of hydrogen-bond acceptors (Lipinski definition) is 2. The summed E-state index contributed by atoms with van der Waals surface area (Å²) >= 11 is 3.47. The van der Waals surface area contributed by atoms with Gasteiger partial charge in [-0.2, -0.15) is 5.26 Å². The highest BCUT2D eigenvalue weighted by Crippen LogP contribution is 2.32. The molecule has 0 radical (unpaired) electrons. The molecule has 0 saturated heterocycles. The Morgan fingerprint density at radius 2 is 1.67 bits per heavy atom. The molecular weight excluding hydrogens is 400 g/mol. The SMILES string of the molecule is Cc1cc(C)cc(/C(C#N)=C(\NC(=O)c2cccc(Br)c2C)C(C)(C)C)c1. The first-order valence-corrected chi connectivity index (χ1v) is 9.64. The van der Waals surface area contributed by atoms with Crippen LogP contribution in [0.3, 0.4) is 0 Å². The van der Waals surface area contributed by atoms with E-state index in [1.807, 2.05) is 65.8 Å². The summed E-state index contributed by atoms with van der Waals surface area (Å²) in [7, 11) is 0. The number of nitrogens with one attached hydrogen (secondary N) is 1. The fraction of sp³-hybridized carbons (Fsp3) is 0.304. The number of halogens is 1. The van der Waals surface area contributed by atoms with Crippen molar-refractivity contribution in [3.05, 3.63) is 74.4 Å². The van der Waals surface area contributed by atoms with E-state index in [2.05, 4.69) is 33.4 Å². The fourth-order valence-corrected chi connectivity index (χ4v) is 3.41. The van der Waals surface area contributed by atoms with Gasteiger partial charge >= 0.3 is 0 Å². The minimum Gasteiger partial charge on any atom is -0.324 e. The standard InChI is InChI=1S/C23H25BrN2O/c1-14-10-15(2)12-17(11-14)19(13-25)21(23(4,5)6)26-22(27)18-8-7-9-20(24)16(18)3/h7-12H,1-6H3,(H,26,27)/b21-19-. The highest BCUT2D eigenvalue weighted by Gasteiger charge is 2.25. The number of carbonyl (C=O) groups is 1. The zero-order valence-electron chi connectivity index (χ0n) is 16.7. The molecule has 1 N–H and O–H groups in total. The van der Waals surface area contributed by atoms with E-state index in [-0.39, 0.29) is 5.91 Å². The fourth-order valence-electron chi connectivity index (χ4n) is 3.04. The highest BCUT2D eigenvalue weighted by atomic mass is 79.9. The van der Waals surface area contributed by atoms with Crippen LogP contribution in [0.2, 0.25) is 0 Å². The largest absolute Gasteiger partial charge is 0.324 e. The summed E-state index contributed by atoms with van der Waals surface area (Å²) in [6.45, 7) is 11.9. The first-order valence-electron chi connectivity index (χ1n) is 8.84. The van der Waals surface area contributed by atoms with Crippen molar-refractivity contribution < 1.29 is 4.79 Å². The second-order valence-corrected chi connectivity index (χ2v) is 8.71. The molecule has 0 unspecified atom stereocenters. The molecule has 0 bridgehead atoms. The van der Waals surface area contributed by atoms with Crippen LogP contribution in [0.15, 0.2) is 46.6 Å². The van der Waals surface area contributed by atoms with Crippen LogP contribution in [0.1, 0.15) is 53.4 Å². The number of carbonyl (C=O) groups excluding carboxylic acids is 1. The number of amides is 1. The van der Waals surface area contributed by atoms with E-state index in [9.17, 15) is 10.1 Å². The molecule has 2 aromatic rings. The lowest BCUT2D eigenvalue weighted by molar-refractivity contribution is 0.0957. The second kappa shape index (κ2) is 8.10. The normalized spacial score (nSPS) is 12.2. The Morgan fingerprint density at radius 1 is 1.07 bits per heavy atom. The average molecular weight is 425 g/mol. The molecular formula is C23H25BrN2O. The number of nitriles is 1. The van der Waals surface area contributed by atoms with Gasteiger partial charge in [0.1, 0.15) is 6.07 Å². The molecule has 0 aliphatic carbocycles. The Kier molecular flexibility index (Phi) is 6.28. The second-order valence-electron chi connectivity index (χ2n) is 7.85. The van der Waals surface area contributed by atoms with Crippen molar-refractivity contribution in [2.75, 3.05) is 0 Å². The molecule has 0 saturated carbocycles. The number of aryl methyl sites for hydroxylation is 2. The van der Waals surface area contributed by atoms with Crippen molar-refractivity contribution in [2.45, 2.75) is 41.5 Å². The van der Waals surface area contributed by atoms with Crippen LogP contribution in [-0.2, 0) is 0 Å². The molecule has 1 amide bonds. The number of hydrogen-bond donors (Lipinski definition) is 1. The lowest BCUT2D eigenvalue weighted by Gasteiger charge is -2.26. The summed E-state index contributed by atoms with van der Waals surface area (Å²) in [5.41, 5.74) is 5.16. The van der Waals surface area contributed by atoms with Gasteiger partial charge in [0.05, 0.1) is 5.57 Å². The van der Waals surface area contributed by atoms with E-state index < -0.39 is 5.41 Å². The van der Waals surface area contributed by atoms with Crippen LogP contribution < -0.4 is 5.32 Å². The lowest BCUT2D eigenvalue weighted by atomic mass is 9.86. The van der Waals surface area contributed by atoms with Crippen molar-refractivity contribution in [3.8, 4) is 6.07 Å². The summed E-state index contributed by atoms with van der Waals surface area (Å²) in [6, 6.07) is 13.9. The minimum absolute atomic E-state index is 0.212. The summed E-state index contributed by atoms with van der Waals surface area (Å²) in [6.07, 6.45) is 0. The Morgan fingerprint density at radius 3 is 2.19 bits per heavy atom. The third-order valence-corrected chi connectivity index (χ3v) is 5.23. The maximum atomic E-state index is 13.0. The van der Waals surface area contributed by atoms with Crippen molar-refractivity contribution in [3.63, 3.8) is 0 Å². The van der Waals surface area contributed by atoms with Crippen molar-refractivity contribution in [1.29, 1.82) is 5.26 Å². The zero-order valence-corrected chi connectivity index (χ0v) is 18.3. The van der Waals surface area contributed by atoms with Gasteiger partial charge < -0.3 is 5.32 Å². The third-order valence-electron chi connectivity index (χ3n) is 4.37. The molecule has 0 aliphatic rings. The Labute approximate surface area is 170 Å². The molecule has 0 aliphatic heterocycles. The number of benzene rings is 2. The maximum Gasteiger partial charge on any atom is 0.255 e. The summed E-state index contributed by atoms with van der Waals surface area (Å²) in [5, 5.41) is 12.9. The Hall–Kier alpha value is -2.38. The lowest BCUT2D eigenvalue weighted by Crippen LogP contribution is -2.31. The number of allylic oxidation sites excluding steroid dienone is 2. The van der Waals surface area contributed by atoms with E-state index in [0.717, 1.165) is 26.7 Å². The topological polar surface area (TPSA) is 52.9 Å². The molecule has 27 heavy (non-hydrogen) atoms. The molecule has 0 heterocycles. The molecule has 0 spiro atoms. The van der Waals surface area contributed by atoms with Crippen molar-refractivity contribution >= 4 is 27.4 Å². The van der Waals surface area contributed by atoms with Crippen LogP contribution in [0.25, 0.3) is 5.57 Å². The molecule has 140 valence electrons. The van der Waals surface area contributed by atoms with Gasteiger partial charge in [0, 0.05) is 21.1 Å². The molecule has 4 heteroatoms. The summed E-state index contributed by atoms with van der Waals surface area (Å²) < 4.78 is 0.881. The van der Waals surface area contributed by atoms with Gasteiger partial charge in [0.2, 0.25) is 0 Å². The Balaban J connectivity index is 2.60. The van der Waals surface area contributed by atoms with Crippen LogP contribution in [0.5, 0.6) is 0 Å². The van der Waals surface area contributed by atoms with Crippen molar-refractivity contribution in [1.82, 2.24) is 5.32 Å². The van der Waals surface area contributed by atoms with E-state index >= 15 is 0 Å². The van der Waals surface area contributed by atoms with Gasteiger partial charge in [-0.15, -0.1) is 0 Å². The van der Waals surface area contributed by atoms with Gasteiger partial charge in [0.25, 0.3) is 5.91 Å². The first-order chi connectivity index (χ1) is 12.5. The summed E-state index contributed by atoms with van der Waals surface area (Å²) in [4.78, 5) is 13.0. The molecule has 2 aromatic carbocycles. The van der Waals surface area contributed by atoms with Crippen molar-refractivity contribution in [2.24, 2.45) is 5.41 Å². The quantitative estimate of drug-likeness (QED) is 0.606. The first kappa shape index (κ1) is 20.9. The average Bonchev–Trinajstić information content (AvgIpc) is 2.55. The molecule has 0 fully saturated rings. The number of rotatable bonds is 3. The van der Waals surface area contributed by atoms with Gasteiger partial charge in [-0.1, -0.05) is 72.1 Å². The van der Waals surface area contributed by atoms with Gasteiger partial charge in [-0.3, -0.25) is 4.79 Å². The smallest absolute Gasteiger partial charge is 0.255 e. The minimum atomic E-state index is -0.404. The maximum absolute atomic E-state index is 13.0. The Bertz CT molecular complexity index is 939. The zero-order chi connectivity index (χ0) is 20.4. The van der Waals surface area contributed by atoms with Crippen LogP contribution >= 0.6 is 15.9 Å². The van der Waals surface area contributed by atoms with Crippen LogP contribution in [0.4, 0.5) is 0 Å². The third kappa shape index (κ3) is 4.87. The molecule has 0 atom stereocenters. The van der Waals surface area contributed by atoms with E-state index in [4.69, 9.17) is 0 Å². The molecule has 0 aromatic heterocycles. The van der Waals surface area contributed by atoms with Gasteiger partial charge in [0.15, 0.2) is 0 Å². The summed E-state index contributed by atoms with van der Waals surface area (Å²) in [5.74, 6) is -0.212. The van der Waals surface area contributed by atoms with E-state index in [0.29, 0.717) is 16.8 Å². The predicted octanol–water partition coefficient (Wildman–Crippen LogP) is 6.09. The van der Waals surface area contributed by atoms with Gasteiger partial charge in [-0.25, -0.2) is 0 Å². The highest BCUT2D eigenvalue weighted by molar-refractivity contribution is 9.10. The van der Waals surface area contributed by atoms with Crippen LogP contribution in [0, 0.1) is 37.5 Å². The predicted molar refractivity (Wildman–Crippen MR) is 114 cm³/mol. The number of nitrogens with zero attached hydrogens (tertiary/aromatic N) is 1. The van der Waals surface area contributed by atoms with Crippen LogP contribution in [-0.4, -0.2) is 5.91 Å². The molecule has 2 rings (SSSR count). The van der Waals surface area contributed by atoms with Gasteiger partial charge in [-0.05, 0) is 44.0 Å². The van der Waals surface area contributed by atoms with E-state index in [1.54, 1.807) is 6.07 Å². The molecule has 3 nitrogen and oxygen atoms in total.